The van der Waals surface area contributed by atoms with Gasteiger partial charge in [0.25, 0.3) is 10.2 Å². The van der Waals surface area contributed by atoms with Crippen LogP contribution >= 0.6 is 0 Å². The van der Waals surface area contributed by atoms with Crippen molar-refractivity contribution in [2.75, 3.05) is 0 Å². The number of nitrogens with zero attached hydrogens (tertiary/aromatic N) is 5. The van der Waals surface area contributed by atoms with Gasteiger partial charge in [0, 0.05) is 0 Å². The Hall–Kier alpha value is -2.66. The molecular weight excluding hydrogens is 206 g/mol. The van der Waals surface area contributed by atoms with E-state index in [1.54, 1.807) is 0 Å². The molecule has 1 aliphatic heterocycles. The molecule has 12 nitrogen and oxygen atoms in total. The van der Waals surface area contributed by atoms with Crippen molar-refractivity contribution in [1.82, 2.24) is 10.4 Å². The van der Waals surface area contributed by atoms with Crippen LogP contribution in [0.4, 0.5) is 0 Å². The van der Waals surface area contributed by atoms with Gasteiger partial charge >= 0.3 is 11.1 Å². The van der Waals surface area contributed by atoms with Gasteiger partial charge in [-0.05, 0) is 4.92 Å². The summed E-state index contributed by atoms with van der Waals surface area (Å²) in [5, 5.41) is 26.8. The van der Waals surface area contributed by atoms with Crippen molar-refractivity contribution in [2.24, 2.45) is 0 Å². The van der Waals surface area contributed by atoms with Crippen molar-refractivity contribution in [3.63, 3.8) is 0 Å². The van der Waals surface area contributed by atoms with Crippen molar-refractivity contribution < 1.29 is 19.8 Å². The van der Waals surface area contributed by atoms with E-state index < -0.39 is 31.2 Å². The third kappa shape index (κ3) is 1.30. The van der Waals surface area contributed by atoms with Gasteiger partial charge in [0.2, 0.25) is 11.3 Å². The summed E-state index contributed by atoms with van der Waals surface area (Å²) in [4.78, 5) is 33.2. The first-order valence-corrected chi connectivity index (χ1v) is 2.85. The SMILES string of the molecule is O=[N+]([O-])C1=CON([N+](=O)[O-])N1[N+](=O)[O-]. The zero-order chi connectivity index (χ0) is 10.9. The predicted molar refractivity (Wildman–Crippen MR) is 33.8 cm³/mol. The number of hydrogen-bond donors (Lipinski definition) is 0. The maximum absolute atomic E-state index is 10.2. The van der Waals surface area contributed by atoms with Crippen LogP contribution in [0, 0.1) is 30.3 Å². The standard InChI is InChI=1S/C2HN5O7/c8-4(9)2-1-14-5(7(12)13)3(2)6(10)11/h1H. The molecule has 0 saturated carbocycles. The minimum Gasteiger partial charge on any atom is -0.358 e. The molecule has 0 unspecified atom stereocenters. The van der Waals surface area contributed by atoms with E-state index in [0.29, 0.717) is 0 Å². The lowest BCUT2D eigenvalue weighted by molar-refractivity contribution is -0.874. The molecule has 0 bridgehead atoms. The van der Waals surface area contributed by atoms with Gasteiger partial charge in [-0.1, -0.05) is 0 Å². The summed E-state index contributed by atoms with van der Waals surface area (Å²) in [7, 11) is 0. The maximum atomic E-state index is 10.2. The fraction of sp³-hybridized carbons (Fsp3) is 0. The van der Waals surface area contributed by atoms with Crippen molar-refractivity contribution >= 4 is 0 Å². The van der Waals surface area contributed by atoms with E-state index in [-0.39, 0.29) is 6.26 Å². The van der Waals surface area contributed by atoms with E-state index in [9.17, 15) is 30.3 Å². The van der Waals surface area contributed by atoms with Gasteiger partial charge in [-0.3, -0.25) is 4.84 Å². The summed E-state index contributed by atoms with van der Waals surface area (Å²) >= 11 is 0. The highest BCUT2D eigenvalue weighted by Gasteiger charge is 2.55. The Balaban J connectivity index is 2.98. The quantitative estimate of drug-likeness (QED) is 0.415. The molecule has 76 valence electrons. The molecule has 0 fully saturated rings. The summed E-state index contributed by atoms with van der Waals surface area (Å²) in [6.07, 6.45) is 0.283. The lowest BCUT2D eigenvalue weighted by Gasteiger charge is -2.02. The average Bonchev–Trinajstić information content (AvgIpc) is 2.46. The minimum atomic E-state index is -1.36. The molecule has 1 heterocycles. The fourth-order valence-electron chi connectivity index (χ4n) is 0.644. The molecule has 1 rings (SSSR count). The van der Waals surface area contributed by atoms with E-state index in [0.717, 1.165) is 0 Å². The Morgan fingerprint density at radius 3 is 2.07 bits per heavy atom. The zero-order valence-corrected chi connectivity index (χ0v) is 6.17. The molecule has 0 aromatic heterocycles. The lowest BCUT2D eigenvalue weighted by Crippen LogP contribution is -2.45. The zero-order valence-electron chi connectivity index (χ0n) is 6.17. The van der Waals surface area contributed by atoms with Crippen molar-refractivity contribution in [2.45, 2.75) is 0 Å². The first-order valence-electron chi connectivity index (χ1n) is 2.85. The second-order valence-electron chi connectivity index (χ2n) is 1.86. The smallest absolute Gasteiger partial charge is 0.358 e. The van der Waals surface area contributed by atoms with E-state index >= 15 is 0 Å². The highest BCUT2D eigenvalue weighted by molar-refractivity contribution is 4.82. The molecule has 0 aromatic rings. The third-order valence-electron chi connectivity index (χ3n) is 1.10. The highest BCUT2D eigenvalue weighted by Crippen LogP contribution is 2.17. The summed E-state index contributed by atoms with van der Waals surface area (Å²) < 4.78 is 0. The van der Waals surface area contributed by atoms with E-state index in [4.69, 9.17) is 0 Å². The van der Waals surface area contributed by atoms with Crippen LogP contribution in [-0.4, -0.2) is 25.4 Å². The van der Waals surface area contributed by atoms with Gasteiger partial charge in [-0.2, -0.15) is 0 Å². The first kappa shape index (κ1) is 9.43. The van der Waals surface area contributed by atoms with Crippen LogP contribution in [0.1, 0.15) is 0 Å². The van der Waals surface area contributed by atoms with Gasteiger partial charge in [-0.25, -0.2) is 20.2 Å². The minimum absolute atomic E-state index is 0.283. The largest absolute Gasteiger partial charge is 0.462 e. The summed E-state index contributed by atoms with van der Waals surface area (Å²) in [5.74, 6) is -1.16. The second kappa shape index (κ2) is 3.00. The summed E-state index contributed by atoms with van der Waals surface area (Å²) in [6.45, 7) is 0. The average molecular weight is 207 g/mol. The molecule has 0 N–H and O–H groups in total. The molecule has 0 aromatic carbocycles. The summed E-state index contributed by atoms with van der Waals surface area (Å²) in [6, 6.07) is 0. The van der Waals surface area contributed by atoms with Crippen molar-refractivity contribution in [3.05, 3.63) is 42.4 Å². The number of rotatable bonds is 3. The van der Waals surface area contributed by atoms with Crippen LogP contribution < -0.4 is 0 Å². The van der Waals surface area contributed by atoms with E-state index in [2.05, 4.69) is 4.84 Å². The Morgan fingerprint density at radius 2 is 1.71 bits per heavy atom. The van der Waals surface area contributed by atoms with Crippen LogP contribution in [0.15, 0.2) is 12.1 Å². The predicted octanol–water partition coefficient (Wildman–Crippen LogP) is -1.09. The number of nitro groups is 3. The normalized spacial score (nSPS) is 14.7. The van der Waals surface area contributed by atoms with Crippen LogP contribution in [0.5, 0.6) is 0 Å². The summed E-state index contributed by atoms with van der Waals surface area (Å²) in [5.41, 5.74) is 0. The number of hydrogen-bond acceptors (Lipinski definition) is 7. The van der Waals surface area contributed by atoms with Crippen LogP contribution in [-0.2, 0) is 4.84 Å². The first-order chi connectivity index (χ1) is 6.45. The second-order valence-corrected chi connectivity index (χ2v) is 1.86. The topological polar surface area (TPSA) is 145 Å². The Labute approximate surface area is 73.9 Å². The van der Waals surface area contributed by atoms with Gasteiger partial charge in [0.1, 0.15) is 0 Å². The van der Waals surface area contributed by atoms with Crippen LogP contribution in [0.2, 0.25) is 0 Å². The van der Waals surface area contributed by atoms with Crippen molar-refractivity contribution in [1.29, 1.82) is 0 Å². The molecule has 0 atom stereocenters. The van der Waals surface area contributed by atoms with Gasteiger partial charge in [-0.15, -0.1) is 0 Å². The molecular formula is C2HN5O7. The molecule has 1 aliphatic rings. The Bertz CT molecular complexity index is 335. The third-order valence-corrected chi connectivity index (χ3v) is 1.10. The highest BCUT2D eigenvalue weighted by atomic mass is 16.9. The van der Waals surface area contributed by atoms with Gasteiger partial charge < -0.3 is 10.1 Å². The Kier molecular flexibility index (Phi) is 2.02. The molecule has 0 saturated heterocycles. The molecule has 0 spiro atoms. The van der Waals surface area contributed by atoms with Crippen LogP contribution in [0.3, 0.4) is 0 Å². The molecule has 0 radical (unpaired) electrons. The number of hydrazine groups is 3. The van der Waals surface area contributed by atoms with E-state index in [1.807, 2.05) is 0 Å². The van der Waals surface area contributed by atoms with Gasteiger partial charge in [0.05, 0.1) is 0 Å². The molecule has 14 heavy (non-hydrogen) atoms. The van der Waals surface area contributed by atoms with Crippen LogP contribution in [0.25, 0.3) is 0 Å². The Morgan fingerprint density at radius 1 is 1.14 bits per heavy atom. The van der Waals surface area contributed by atoms with Crippen molar-refractivity contribution in [3.8, 4) is 0 Å². The molecule has 12 heteroatoms. The van der Waals surface area contributed by atoms with Gasteiger partial charge in [0.15, 0.2) is 0 Å². The lowest BCUT2D eigenvalue weighted by atomic mass is 10.8. The maximum Gasteiger partial charge on any atom is 0.462 e. The monoisotopic (exact) mass is 207 g/mol. The molecule has 0 aliphatic carbocycles. The van der Waals surface area contributed by atoms with E-state index in [1.165, 1.54) is 0 Å². The fourth-order valence-corrected chi connectivity index (χ4v) is 0.644. The molecule has 0 amide bonds.